The molecule has 0 saturated carbocycles. The van der Waals surface area contributed by atoms with Crippen LogP contribution in [0.3, 0.4) is 0 Å². The van der Waals surface area contributed by atoms with Gasteiger partial charge in [-0.25, -0.2) is 0 Å². The van der Waals surface area contributed by atoms with Gasteiger partial charge in [0, 0.05) is 13.0 Å². The zero-order valence-electron chi connectivity index (χ0n) is 13.4. The third-order valence-corrected chi connectivity index (χ3v) is 4.11. The zero-order chi connectivity index (χ0) is 15.4. The summed E-state index contributed by atoms with van der Waals surface area (Å²) in [5.41, 5.74) is 10.1. The van der Waals surface area contributed by atoms with E-state index in [0.29, 0.717) is 6.42 Å². The lowest BCUT2D eigenvalue weighted by atomic mass is 9.86. The Morgan fingerprint density at radius 1 is 1.05 bits per heavy atom. The number of aliphatic hydroxyl groups excluding tert-OH is 1. The molecular weight excluding hydrogens is 252 g/mol. The standard InChI is InChI=1S/C16H34N2O2/c1-3-4-5-6-7-8-9-10-11-12-15(20)16(18,13-17)14(2)19/h14,19H,3-13,17-18H2,1-2H3. The van der Waals surface area contributed by atoms with Crippen LogP contribution in [0.2, 0.25) is 0 Å². The smallest absolute Gasteiger partial charge is 0.156 e. The van der Waals surface area contributed by atoms with Crippen LogP contribution in [0.1, 0.15) is 78.1 Å². The van der Waals surface area contributed by atoms with Crippen molar-refractivity contribution in [3.05, 3.63) is 0 Å². The van der Waals surface area contributed by atoms with Crippen molar-refractivity contribution in [3.8, 4) is 0 Å². The molecule has 0 aromatic carbocycles. The molecule has 4 heteroatoms. The van der Waals surface area contributed by atoms with Crippen LogP contribution in [0, 0.1) is 0 Å². The van der Waals surface area contributed by atoms with E-state index in [1.165, 1.54) is 51.9 Å². The first-order valence-corrected chi connectivity index (χ1v) is 8.19. The van der Waals surface area contributed by atoms with Gasteiger partial charge in [0.1, 0.15) is 5.54 Å². The summed E-state index contributed by atoms with van der Waals surface area (Å²) < 4.78 is 0. The van der Waals surface area contributed by atoms with E-state index < -0.39 is 11.6 Å². The normalized spacial score (nSPS) is 15.8. The molecule has 2 atom stereocenters. The van der Waals surface area contributed by atoms with Crippen molar-refractivity contribution >= 4 is 5.78 Å². The average Bonchev–Trinajstić information content (AvgIpc) is 2.44. The Hall–Kier alpha value is -0.450. The number of ketones is 1. The second kappa shape index (κ2) is 11.2. The molecule has 0 aliphatic heterocycles. The Kier molecular flexibility index (Phi) is 11.0. The van der Waals surface area contributed by atoms with E-state index in [0.717, 1.165) is 12.8 Å². The zero-order valence-corrected chi connectivity index (χ0v) is 13.4. The number of unbranched alkanes of at least 4 members (excludes halogenated alkanes) is 8. The molecule has 0 radical (unpaired) electrons. The molecule has 0 aliphatic carbocycles. The maximum Gasteiger partial charge on any atom is 0.156 e. The summed E-state index contributed by atoms with van der Waals surface area (Å²) >= 11 is 0. The van der Waals surface area contributed by atoms with Gasteiger partial charge in [-0.05, 0) is 13.3 Å². The first-order chi connectivity index (χ1) is 9.49. The van der Waals surface area contributed by atoms with Gasteiger partial charge in [-0.1, -0.05) is 58.3 Å². The molecule has 0 saturated heterocycles. The number of hydrogen-bond donors (Lipinski definition) is 3. The Balaban J connectivity index is 3.62. The summed E-state index contributed by atoms with van der Waals surface area (Å²) in [4.78, 5) is 12.0. The second-order valence-corrected chi connectivity index (χ2v) is 5.92. The van der Waals surface area contributed by atoms with Crippen LogP contribution in [0.4, 0.5) is 0 Å². The van der Waals surface area contributed by atoms with Crippen molar-refractivity contribution in [3.63, 3.8) is 0 Å². The lowest BCUT2D eigenvalue weighted by Gasteiger charge is -2.29. The number of nitrogens with two attached hydrogens (primary N) is 2. The summed E-state index contributed by atoms with van der Waals surface area (Å²) in [6, 6.07) is 0. The molecule has 0 bridgehead atoms. The van der Waals surface area contributed by atoms with E-state index in [-0.39, 0.29) is 12.3 Å². The van der Waals surface area contributed by atoms with Crippen LogP contribution in [-0.4, -0.2) is 29.1 Å². The quantitative estimate of drug-likeness (QED) is 0.454. The molecule has 0 fully saturated rings. The van der Waals surface area contributed by atoms with Gasteiger partial charge >= 0.3 is 0 Å². The molecule has 0 aromatic heterocycles. The highest BCUT2D eigenvalue weighted by molar-refractivity contribution is 5.89. The van der Waals surface area contributed by atoms with E-state index in [1.807, 2.05) is 0 Å². The van der Waals surface area contributed by atoms with Gasteiger partial charge in [-0.2, -0.15) is 0 Å². The van der Waals surface area contributed by atoms with Crippen molar-refractivity contribution in [2.45, 2.75) is 89.7 Å². The van der Waals surface area contributed by atoms with Gasteiger partial charge in [0.25, 0.3) is 0 Å². The van der Waals surface area contributed by atoms with Gasteiger partial charge < -0.3 is 16.6 Å². The SMILES string of the molecule is CCCCCCCCCCCC(=O)C(N)(CN)C(C)O. The lowest BCUT2D eigenvalue weighted by Crippen LogP contribution is -2.61. The van der Waals surface area contributed by atoms with Crippen LogP contribution in [-0.2, 0) is 4.79 Å². The van der Waals surface area contributed by atoms with Gasteiger partial charge in [0.15, 0.2) is 5.78 Å². The predicted octanol–water partition coefficient (Wildman–Crippen LogP) is 2.51. The molecule has 120 valence electrons. The average molecular weight is 286 g/mol. The van der Waals surface area contributed by atoms with Crippen molar-refractivity contribution in [2.24, 2.45) is 11.5 Å². The van der Waals surface area contributed by atoms with E-state index in [1.54, 1.807) is 0 Å². The molecule has 0 aliphatic rings. The summed E-state index contributed by atoms with van der Waals surface area (Å²) in [5.74, 6) is -0.113. The Morgan fingerprint density at radius 2 is 1.50 bits per heavy atom. The molecule has 0 aromatic rings. The maximum atomic E-state index is 12.0. The Bertz CT molecular complexity index is 257. The van der Waals surface area contributed by atoms with Gasteiger partial charge in [0.2, 0.25) is 0 Å². The van der Waals surface area contributed by atoms with E-state index in [9.17, 15) is 9.90 Å². The van der Waals surface area contributed by atoms with Crippen LogP contribution in [0.25, 0.3) is 0 Å². The number of aliphatic hydroxyl groups is 1. The third-order valence-electron chi connectivity index (χ3n) is 4.11. The highest BCUT2D eigenvalue weighted by atomic mass is 16.3. The van der Waals surface area contributed by atoms with Crippen molar-refractivity contribution in [1.82, 2.24) is 0 Å². The molecule has 0 spiro atoms. The number of hydrogen-bond acceptors (Lipinski definition) is 4. The largest absolute Gasteiger partial charge is 0.391 e. The van der Waals surface area contributed by atoms with Crippen LogP contribution in [0.15, 0.2) is 0 Å². The lowest BCUT2D eigenvalue weighted by molar-refractivity contribution is -0.127. The van der Waals surface area contributed by atoms with Crippen molar-refractivity contribution < 1.29 is 9.90 Å². The first-order valence-electron chi connectivity index (χ1n) is 8.19. The number of carbonyl (C=O) groups is 1. The fraction of sp³-hybridized carbons (Fsp3) is 0.938. The maximum absolute atomic E-state index is 12.0. The van der Waals surface area contributed by atoms with Crippen LogP contribution < -0.4 is 11.5 Å². The van der Waals surface area contributed by atoms with Crippen molar-refractivity contribution in [1.29, 1.82) is 0 Å². The molecular formula is C16H34N2O2. The fourth-order valence-electron chi connectivity index (χ4n) is 2.35. The van der Waals surface area contributed by atoms with Gasteiger partial charge in [-0.15, -0.1) is 0 Å². The predicted molar refractivity (Wildman–Crippen MR) is 84.5 cm³/mol. The molecule has 2 unspecified atom stereocenters. The van der Waals surface area contributed by atoms with Gasteiger partial charge in [0.05, 0.1) is 6.10 Å². The molecule has 0 amide bonds. The number of Topliss-reactive ketones (excluding diaryl/α,β-unsaturated/α-hetero) is 1. The van der Waals surface area contributed by atoms with E-state index in [2.05, 4.69) is 6.92 Å². The van der Waals surface area contributed by atoms with E-state index in [4.69, 9.17) is 11.5 Å². The third kappa shape index (κ3) is 7.36. The molecule has 20 heavy (non-hydrogen) atoms. The van der Waals surface area contributed by atoms with E-state index >= 15 is 0 Å². The second-order valence-electron chi connectivity index (χ2n) is 5.92. The minimum atomic E-state index is -1.26. The minimum Gasteiger partial charge on any atom is -0.391 e. The summed E-state index contributed by atoms with van der Waals surface area (Å²) in [7, 11) is 0. The van der Waals surface area contributed by atoms with Crippen LogP contribution >= 0.6 is 0 Å². The summed E-state index contributed by atoms with van der Waals surface area (Å²) in [5, 5.41) is 9.56. The summed E-state index contributed by atoms with van der Waals surface area (Å²) in [6.45, 7) is 3.76. The number of rotatable bonds is 13. The Labute approximate surface area is 124 Å². The highest BCUT2D eigenvalue weighted by Crippen LogP contribution is 2.14. The number of carbonyl (C=O) groups excluding carboxylic acids is 1. The topological polar surface area (TPSA) is 89.3 Å². The monoisotopic (exact) mass is 286 g/mol. The molecule has 0 rings (SSSR count). The molecule has 5 N–H and O–H groups in total. The minimum absolute atomic E-state index is 0.000921. The fourth-order valence-corrected chi connectivity index (χ4v) is 2.35. The summed E-state index contributed by atoms with van der Waals surface area (Å²) in [6.07, 6.45) is 10.5. The molecule has 4 nitrogen and oxygen atoms in total. The van der Waals surface area contributed by atoms with Crippen LogP contribution in [0.5, 0.6) is 0 Å². The Morgan fingerprint density at radius 3 is 1.90 bits per heavy atom. The van der Waals surface area contributed by atoms with Gasteiger partial charge in [-0.3, -0.25) is 4.79 Å². The molecule has 0 heterocycles. The van der Waals surface area contributed by atoms with Crippen molar-refractivity contribution in [2.75, 3.05) is 6.54 Å². The highest BCUT2D eigenvalue weighted by Gasteiger charge is 2.36. The first kappa shape index (κ1) is 19.6.